The summed E-state index contributed by atoms with van der Waals surface area (Å²) in [4.78, 5) is 35.9. The number of benzene rings is 2. The fourth-order valence-electron chi connectivity index (χ4n) is 3.93. The Kier molecular flexibility index (Phi) is 7.26. The maximum absolute atomic E-state index is 12.6. The number of rotatable bonds is 7. The van der Waals surface area contributed by atoms with Gasteiger partial charge >= 0.3 is 18.2 Å². The van der Waals surface area contributed by atoms with Crippen LogP contribution >= 0.6 is 0 Å². The highest BCUT2D eigenvalue weighted by Crippen LogP contribution is 2.44. The minimum Gasteiger partial charge on any atom is -0.481 e. The summed E-state index contributed by atoms with van der Waals surface area (Å²) in [6.07, 6.45) is -1.83. The van der Waals surface area contributed by atoms with E-state index in [0.717, 1.165) is 22.3 Å². The first-order valence-corrected chi connectivity index (χ1v) is 10.9. The average molecular weight is 455 g/mol. The van der Waals surface area contributed by atoms with Gasteiger partial charge in [0.15, 0.2) is 0 Å². The molecule has 0 aromatic heterocycles. The van der Waals surface area contributed by atoms with E-state index in [9.17, 15) is 19.5 Å². The molecule has 0 bridgehead atoms. The Balaban J connectivity index is 1.64. The van der Waals surface area contributed by atoms with Gasteiger partial charge in [0, 0.05) is 5.92 Å². The number of fused-ring (bicyclic) bond motifs is 3. The number of alkyl carbamates (subject to hydrolysis) is 2. The lowest BCUT2D eigenvalue weighted by Gasteiger charge is -2.27. The van der Waals surface area contributed by atoms with Crippen molar-refractivity contribution in [3.8, 4) is 11.1 Å². The largest absolute Gasteiger partial charge is 0.481 e. The van der Waals surface area contributed by atoms with E-state index in [1.54, 1.807) is 27.7 Å². The number of hydrogen-bond donors (Lipinski definition) is 3. The first-order chi connectivity index (χ1) is 15.5. The van der Waals surface area contributed by atoms with Crippen LogP contribution in [0.1, 0.15) is 51.2 Å². The minimum atomic E-state index is -1.11. The van der Waals surface area contributed by atoms with Gasteiger partial charge in [0.1, 0.15) is 12.2 Å². The van der Waals surface area contributed by atoms with E-state index < -0.39 is 35.8 Å². The van der Waals surface area contributed by atoms with Crippen molar-refractivity contribution in [3.63, 3.8) is 0 Å². The quantitative estimate of drug-likeness (QED) is 0.575. The summed E-state index contributed by atoms with van der Waals surface area (Å²) in [7, 11) is 0. The monoisotopic (exact) mass is 454 g/mol. The number of carbonyl (C=O) groups is 3. The van der Waals surface area contributed by atoms with E-state index in [0.29, 0.717) is 0 Å². The predicted octanol–water partition coefficient (Wildman–Crippen LogP) is 4.28. The first kappa shape index (κ1) is 24.1. The lowest BCUT2D eigenvalue weighted by Crippen LogP contribution is -2.52. The molecule has 0 fully saturated rings. The van der Waals surface area contributed by atoms with Crippen molar-refractivity contribution in [1.29, 1.82) is 0 Å². The van der Waals surface area contributed by atoms with Crippen LogP contribution in [0, 0.1) is 0 Å². The zero-order valence-corrected chi connectivity index (χ0v) is 19.3. The minimum absolute atomic E-state index is 0.105. The lowest BCUT2D eigenvalue weighted by atomic mass is 9.98. The molecule has 2 unspecified atom stereocenters. The molecule has 1 aliphatic carbocycles. The standard InChI is InChI=1S/C25H30N2O6/c1-15(26-24(31)33-25(2,3)4)21(13-22(28)29)27-23(30)32-14-20-18-11-7-5-9-16(18)17-10-6-8-12-19(17)20/h5-12,15,20-21H,13-14H2,1-4H3,(H,26,31)(H,27,30)(H,28,29). The molecular formula is C25H30N2O6. The van der Waals surface area contributed by atoms with E-state index in [1.807, 2.05) is 48.5 Å². The van der Waals surface area contributed by atoms with Gasteiger partial charge in [0.25, 0.3) is 0 Å². The Hall–Kier alpha value is -3.55. The van der Waals surface area contributed by atoms with Crippen LogP contribution in [0.25, 0.3) is 11.1 Å². The van der Waals surface area contributed by atoms with Crippen molar-refractivity contribution in [1.82, 2.24) is 10.6 Å². The van der Waals surface area contributed by atoms with Crippen molar-refractivity contribution in [2.24, 2.45) is 0 Å². The molecule has 2 amide bonds. The Morgan fingerprint density at radius 3 is 2.00 bits per heavy atom. The molecule has 0 radical (unpaired) electrons. The third-order valence-corrected chi connectivity index (χ3v) is 5.39. The Bertz CT molecular complexity index is 984. The number of carbonyl (C=O) groups excluding carboxylic acids is 2. The number of aliphatic carboxylic acids is 1. The summed E-state index contributed by atoms with van der Waals surface area (Å²) in [5.74, 6) is -1.23. The van der Waals surface area contributed by atoms with Crippen molar-refractivity contribution >= 4 is 18.2 Å². The molecule has 1 aliphatic rings. The first-order valence-electron chi connectivity index (χ1n) is 10.9. The lowest BCUT2D eigenvalue weighted by molar-refractivity contribution is -0.137. The molecule has 33 heavy (non-hydrogen) atoms. The molecule has 0 spiro atoms. The third kappa shape index (κ3) is 6.25. The van der Waals surface area contributed by atoms with Crippen LogP contribution in [0.4, 0.5) is 9.59 Å². The van der Waals surface area contributed by atoms with Crippen LogP contribution in [0.3, 0.4) is 0 Å². The molecule has 2 aromatic rings. The smallest absolute Gasteiger partial charge is 0.407 e. The predicted molar refractivity (Wildman–Crippen MR) is 123 cm³/mol. The number of hydrogen-bond acceptors (Lipinski definition) is 5. The highest BCUT2D eigenvalue weighted by Gasteiger charge is 2.30. The van der Waals surface area contributed by atoms with Crippen LogP contribution in [-0.4, -0.2) is 47.6 Å². The molecule has 3 N–H and O–H groups in total. The van der Waals surface area contributed by atoms with Crippen molar-refractivity contribution < 1.29 is 29.0 Å². The van der Waals surface area contributed by atoms with Crippen molar-refractivity contribution in [2.75, 3.05) is 6.61 Å². The topological polar surface area (TPSA) is 114 Å². The van der Waals surface area contributed by atoms with Gasteiger partial charge in [-0.3, -0.25) is 4.79 Å². The van der Waals surface area contributed by atoms with Crippen LogP contribution in [0.2, 0.25) is 0 Å². The van der Waals surface area contributed by atoms with E-state index >= 15 is 0 Å². The van der Waals surface area contributed by atoms with Crippen molar-refractivity contribution in [2.45, 2.75) is 57.7 Å². The average Bonchev–Trinajstić information content (AvgIpc) is 3.04. The highest BCUT2D eigenvalue weighted by atomic mass is 16.6. The van der Waals surface area contributed by atoms with Crippen LogP contribution < -0.4 is 10.6 Å². The molecule has 8 nitrogen and oxygen atoms in total. The summed E-state index contributed by atoms with van der Waals surface area (Å²) in [5, 5.41) is 14.4. The second kappa shape index (κ2) is 9.94. The molecule has 2 aromatic carbocycles. The van der Waals surface area contributed by atoms with E-state index in [1.165, 1.54) is 0 Å². The number of carboxylic acids is 1. The summed E-state index contributed by atoms with van der Waals surface area (Å²) < 4.78 is 10.7. The van der Waals surface area contributed by atoms with E-state index in [4.69, 9.17) is 9.47 Å². The van der Waals surface area contributed by atoms with Crippen LogP contribution in [-0.2, 0) is 14.3 Å². The normalized spacial score (nSPS) is 14.4. The molecular weight excluding hydrogens is 424 g/mol. The van der Waals surface area contributed by atoms with Gasteiger partial charge in [-0.2, -0.15) is 0 Å². The number of carboxylic acid groups (broad SMARTS) is 1. The Morgan fingerprint density at radius 2 is 1.48 bits per heavy atom. The maximum Gasteiger partial charge on any atom is 0.407 e. The summed E-state index contributed by atoms with van der Waals surface area (Å²) in [5.41, 5.74) is 3.68. The van der Waals surface area contributed by atoms with Gasteiger partial charge in [-0.15, -0.1) is 0 Å². The molecule has 176 valence electrons. The number of amides is 2. The molecule has 0 saturated heterocycles. The zero-order chi connectivity index (χ0) is 24.2. The van der Waals surface area contributed by atoms with Crippen molar-refractivity contribution in [3.05, 3.63) is 59.7 Å². The van der Waals surface area contributed by atoms with E-state index in [2.05, 4.69) is 10.6 Å². The SMILES string of the molecule is CC(NC(=O)OC(C)(C)C)C(CC(=O)O)NC(=O)OCC1c2ccccc2-c2ccccc21. The molecule has 0 saturated carbocycles. The molecule has 8 heteroatoms. The Labute approximate surface area is 193 Å². The Morgan fingerprint density at radius 1 is 0.939 bits per heavy atom. The third-order valence-electron chi connectivity index (χ3n) is 5.39. The van der Waals surface area contributed by atoms with Crippen LogP contribution in [0.5, 0.6) is 0 Å². The number of ether oxygens (including phenoxy) is 2. The second-order valence-corrected chi connectivity index (χ2v) is 9.11. The van der Waals surface area contributed by atoms with E-state index in [-0.39, 0.29) is 18.9 Å². The maximum atomic E-state index is 12.6. The van der Waals surface area contributed by atoms with Gasteiger partial charge in [0.2, 0.25) is 0 Å². The highest BCUT2D eigenvalue weighted by molar-refractivity contribution is 5.79. The number of nitrogens with one attached hydrogen (secondary N) is 2. The second-order valence-electron chi connectivity index (χ2n) is 9.11. The van der Waals surface area contributed by atoms with Gasteiger partial charge in [0.05, 0.1) is 18.5 Å². The molecule has 0 aliphatic heterocycles. The van der Waals surface area contributed by atoms with Gasteiger partial charge in [-0.05, 0) is 49.9 Å². The van der Waals surface area contributed by atoms with Gasteiger partial charge in [-0.1, -0.05) is 48.5 Å². The van der Waals surface area contributed by atoms with Crippen LogP contribution in [0.15, 0.2) is 48.5 Å². The fraction of sp³-hybridized carbons (Fsp3) is 0.400. The molecule has 3 rings (SSSR count). The molecule has 0 heterocycles. The zero-order valence-electron chi connectivity index (χ0n) is 19.3. The summed E-state index contributed by atoms with van der Waals surface area (Å²) in [6, 6.07) is 14.4. The van der Waals surface area contributed by atoms with Gasteiger partial charge in [-0.25, -0.2) is 9.59 Å². The fourth-order valence-corrected chi connectivity index (χ4v) is 3.93. The summed E-state index contributed by atoms with van der Waals surface area (Å²) in [6.45, 7) is 6.87. The summed E-state index contributed by atoms with van der Waals surface area (Å²) >= 11 is 0. The molecule has 2 atom stereocenters. The van der Waals surface area contributed by atoms with Gasteiger partial charge < -0.3 is 25.2 Å².